The second kappa shape index (κ2) is 49.2. The quantitative estimate of drug-likeness (QED) is 0.0200. The third-order valence-electron chi connectivity index (χ3n) is 9.63. The SMILES string of the molecule is CC\C=C/C=C\C=C/C=C\C=C\C=C/C=C\CCCCCC(=O)OCC(COC(=O)CCCCCC/C=C\CCCC)OC(=O)CCCCCCCCC\C=C/C=C\C=C/CC. The van der Waals surface area contributed by atoms with Crippen molar-refractivity contribution in [2.24, 2.45) is 0 Å². The van der Waals surface area contributed by atoms with E-state index < -0.39 is 6.10 Å². The molecule has 0 amide bonds. The van der Waals surface area contributed by atoms with E-state index in [1.54, 1.807) is 0 Å². The highest BCUT2D eigenvalue weighted by Gasteiger charge is 2.19. The molecule has 0 aliphatic heterocycles. The topological polar surface area (TPSA) is 78.9 Å². The van der Waals surface area contributed by atoms with Crippen LogP contribution in [0.5, 0.6) is 0 Å². The van der Waals surface area contributed by atoms with Crippen molar-refractivity contribution in [2.75, 3.05) is 13.2 Å². The van der Waals surface area contributed by atoms with Crippen molar-refractivity contribution < 1.29 is 28.6 Å². The first-order valence-corrected chi connectivity index (χ1v) is 24.3. The highest BCUT2D eigenvalue weighted by molar-refractivity contribution is 5.71. The minimum Gasteiger partial charge on any atom is -0.462 e. The second-order valence-corrected chi connectivity index (χ2v) is 15.5. The van der Waals surface area contributed by atoms with Gasteiger partial charge in [-0.15, -0.1) is 0 Å². The Morgan fingerprint density at radius 1 is 0.339 bits per heavy atom. The molecule has 0 spiro atoms. The molecular weight excluding hydrogens is 769 g/mol. The van der Waals surface area contributed by atoms with Crippen LogP contribution < -0.4 is 0 Å². The summed E-state index contributed by atoms with van der Waals surface area (Å²) in [5.74, 6) is -0.994. The highest BCUT2D eigenvalue weighted by atomic mass is 16.6. The zero-order valence-corrected chi connectivity index (χ0v) is 39.3. The van der Waals surface area contributed by atoms with Gasteiger partial charge in [0.25, 0.3) is 0 Å². The Bertz CT molecular complexity index is 1400. The minimum atomic E-state index is -0.812. The molecular formula is C56H86O6. The second-order valence-electron chi connectivity index (χ2n) is 15.5. The number of hydrogen-bond donors (Lipinski definition) is 0. The summed E-state index contributed by atoms with van der Waals surface area (Å²) in [6.07, 6.45) is 68.6. The van der Waals surface area contributed by atoms with Crippen molar-refractivity contribution in [3.8, 4) is 0 Å². The van der Waals surface area contributed by atoms with Gasteiger partial charge in [-0.2, -0.15) is 0 Å². The van der Waals surface area contributed by atoms with Crippen molar-refractivity contribution in [1.29, 1.82) is 0 Å². The summed E-state index contributed by atoms with van der Waals surface area (Å²) >= 11 is 0. The van der Waals surface area contributed by atoms with Crippen LogP contribution in [0.1, 0.15) is 181 Å². The molecule has 6 nitrogen and oxygen atoms in total. The van der Waals surface area contributed by atoms with Gasteiger partial charge in [0.15, 0.2) is 6.10 Å². The molecule has 0 saturated heterocycles. The molecule has 0 aromatic heterocycles. The number of ether oxygens (including phenoxy) is 3. The van der Waals surface area contributed by atoms with Gasteiger partial charge < -0.3 is 14.2 Å². The van der Waals surface area contributed by atoms with E-state index in [0.29, 0.717) is 19.3 Å². The molecule has 0 aromatic rings. The van der Waals surface area contributed by atoms with Crippen LogP contribution >= 0.6 is 0 Å². The van der Waals surface area contributed by atoms with Gasteiger partial charge in [0.2, 0.25) is 0 Å². The average Bonchev–Trinajstić information content (AvgIpc) is 3.27. The Morgan fingerprint density at radius 2 is 0.645 bits per heavy atom. The van der Waals surface area contributed by atoms with Gasteiger partial charge in [-0.1, -0.05) is 219 Å². The lowest BCUT2D eigenvalue weighted by molar-refractivity contribution is -0.167. The fourth-order valence-corrected chi connectivity index (χ4v) is 5.99. The van der Waals surface area contributed by atoms with Gasteiger partial charge in [0.1, 0.15) is 13.2 Å². The monoisotopic (exact) mass is 855 g/mol. The summed E-state index contributed by atoms with van der Waals surface area (Å²) in [6.45, 7) is 6.23. The smallest absolute Gasteiger partial charge is 0.306 e. The molecule has 0 aromatic carbocycles. The normalized spacial score (nSPS) is 13.3. The van der Waals surface area contributed by atoms with E-state index in [4.69, 9.17) is 14.2 Å². The number of carbonyl (C=O) groups excluding carboxylic acids is 3. The first kappa shape index (κ1) is 57.5. The number of unbranched alkanes of at least 4 members (excludes halogenated alkanes) is 16. The molecule has 0 aliphatic rings. The summed E-state index contributed by atoms with van der Waals surface area (Å²) < 4.78 is 16.7. The zero-order valence-electron chi connectivity index (χ0n) is 39.3. The van der Waals surface area contributed by atoms with Crippen molar-refractivity contribution >= 4 is 17.9 Å². The maximum atomic E-state index is 12.8. The molecule has 0 rings (SSSR count). The van der Waals surface area contributed by atoms with E-state index in [2.05, 4.69) is 81.5 Å². The third kappa shape index (κ3) is 46.6. The number of esters is 3. The maximum absolute atomic E-state index is 12.8. The van der Waals surface area contributed by atoms with Crippen molar-refractivity contribution in [3.05, 3.63) is 134 Å². The highest BCUT2D eigenvalue weighted by Crippen LogP contribution is 2.13. The summed E-state index contributed by atoms with van der Waals surface area (Å²) in [6, 6.07) is 0. The van der Waals surface area contributed by atoms with Gasteiger partial charge in [-0.25, -0.2) is 0 Å². The van der Waals surface area contributed by atoms with Crippen LogP contribution in [0.3, 0.4) is 0 Å². The molecule has 0 aliphatic carbocycles. The first-order chi connectivity index (χ1) is 30.5. The summed E-state index contributed by atoms with van der Waals surface area (Å²) in [7, 11) is 0. The molecule has 1 unspecified atom stereocenters. The van der Waals surface area contributed by atoms with Crippen LogP contribution in [0.4, 0.5) is 0 Å². The molecule has 1 atom stereocenters. The molecule has 0 N–H and O–H groups in total. The Balaban J connectivity index is 4.53. The van der Waals surface area contributed by atoms with E-state index in [1.807, 2.05) is 72.9 Å². The van der Waals surface area contributed by atoms with Gasteiger partial charge in [-0.05, 0) is 77.0 Å². The van der Waals surface area contributed by atoms with E-state index in [1.165, 1.54) is 32.1 Å². The number of allylic oxidation sites excluding steroid dienone is 22. The van der Waals surface area contributed by atoms with Crippen molar-refractivity contribution in [2.45, 2.75) is 187 Å². The van der Waals surface area contributed by atoms with Gasteiger partial charge >= 0.3 is 17.9 Å². The molecule has 6 heteroatoms. The van der Waals surface area contributed by atoms with Crippen LogP contribution in [0.2, 0.25) is 0 Å². The Hall–Kier alpha value is -4.45. The molecule has 0 radical (unpaired) electrons. The van der Waals surface area contributed by atoms with E-state index in [9.17, 15) is 14.4 Å². The van der Waals surface area contributed by atoms with Crippen LogP contribution in [0.25, 0.3) is 0 Å². The predicted octanol–water partition coefficient (Wildman–Crippen LogP) is 15.9. The number of carbonyl (C=O) groups is 3. The molecule has 0 fully saturated rings. The lowest BCUT2D eigenvalue weighted by atomic mass is 10.1. The zero-order chi connectivity index (χ0) is 45.1. The minimum absolute atomic E-state index is 0.109. The summed E-state index contributed by atoms with van der Waals surface area (Å²) in [4.78, 5) is 37.9. The van der Waals surface area contributed by atoms with Crippen molar-refractivity contribution in [3.63, 3.8) is 0 Å². The number of hydrogen-bond acceptors (Lipinski definition) is 6. The lowest BCUT2D eigenvalue weighted by Crippen LogP contribution is -2.30. The van der Waals surface area contributed by atoms with Crippen LogP contribution in [0.15, 0.2) is 134 Å². The standard InChI is InChI=1S/C56H86O6/c1-4-7-10-13-16-19-22-24-26-27-28-29-31-32-34-37-40-43-46-49-55(58)61-52-53(51-60-54(57)48-45-42-39-36-21-18-15-12-9-6-3)62-56(59)50-47-44-41-38-35-33-30-25-23-20-17-14-11-8-5-2/h7-8,10-11,13-20,22-24,26-29,31-32,34,53H,4-6,9,12,21,25,30,33,35-52H2,1-3H3/b10-7-,11-8-,16-13-,17-14-,18-15-,22-19-,23-20-,26-24-,28-27+,31-29-,34-32-. The molecule has 0 heterocycles. The molecule has 0 saturated carbocycles. The van der Waals surface area contributed by atoms with Gasteiger partial charge in [-0.3, -0.25) is 14.4 Å². The summed E-state index contributed by atoms with van der Waals surface area (Å²) in [5, 5.41) is 0. The van der Waals surface area contributed by atoms with Crippen molar-refractivity contribution in [1.82, 2.24) is 0 Å². The Kier molecular flexibility index (Phi) is 45.7. The van der Waals surface area contributed by atoms with Crippen LogP contribution in [-0.4, -0.2) is 37.2 Å². The molecule has 62 heavy (non-hydrogen) atoms. The fraction of sp³-hybridized carbons (Fsp3) is 0.554. The predicted molar refractivity (Wildman–Crippen MR) is 265 cm³/mol. The van der Waals surface area contributed by atoms with E-state index in [-0.39, 0.29) is 31.1 Å². The van der Waals surface area contributed by atoms with E-state index >= 15 is 0 Å². The fourth-order valence-electron chi connectivity index (χ4n) is 5.99. The van der Waals surface area contributed by atoms with Crippen LogP contribution in [-0.2, 0) is 28.6 Å². The van der Waals surface area contributed by atoms with Gasteiger partial charge in [0, 0.05) is 19.3 Å². The third-order valence-corrected chi connectivity index (χ3v) is 9.63. The molecule has 0 bridgehead atoms. The van der Waals surface area contributed by atoms with Crippen LogP contribution in [0, 0.1) is 0 Å². The lowest BCUT2D eigenvalue weighted by Gasteiger charge is -2.18. The molecule has 346 valence electrons. The maximum Gasteiger partial charge on any atom is 0.306 e. The largest absolute Gasteiger partial charge is 0.462 e. The first-order valence-electron chi connectivity index (χ1n) is 24.3. The van der Waals surface area contributed by atoms with E-state index in [0.717, 1.165) is 109 Å². The Labute approximate surface area is 379 Å². The summed E-state index contributed by atoms with van der Waals surface area (Å²) in [5.41, 5.74) is 0. The average molecular weight is 855 g/mol. The van der Waals surface area contributed by atoms with Gasteiger partial charge in [0.05, 0.1) is 0 Å². The Morgan fingerprint density at radius 3 is 1.05 bits per heavy atom. The number of rotatable bonds is 41.